The van der Waals surface area contributed by atoms with Crippen molar-refractivity contribution in [3.05, 3.63) is 45.3 Å². The average molecular weight is 336 g/mol. The Morgan fingerprint density at radius 3 is 2.61 bits per heavy atom. The molecule has 23 heavy (non-hydrogen) atoms. The van der Waals surface area contributed by atoms with Crippen molar-refractivity contribution in [3.8, 4) is 0 Å². The topological polar surface area (TPSA) is 89.9 Å². The first kappa shape index (κ1) is 17.4. The van der Waals surface area contributed by atoms with Crippen LogP contribution < -0.4 is 10.6 Å². The minimum atomic E-state index is -0.147. The van der Waals surface area contributed by atoms with Gasteiger partial charge in [0.05, 0.1) is 0 Å². The summed E-state index contributed by atoms with van der Waals surface area (Å²) in [6.07, 6.45) is 3.79. The van der Waals surface area contributed by atoms with Crippen LogP contribution in [0.2, 0.25) is 5.02 Å². The van der Waals surface area contributed by atoms with Crippen molar-refractivity contribution < 1.29 is 4.79 Å². The number of azide groups is 1. The number of nitrogens with zero attached hydrogens (tertiary/aromatic N) is 3. The average Bonchev–Trinajstić information content (AvgIpc) is 2.55. The monoisotopic (exact) mass is 335 g/mol. The molecule has 1 fully saturated rings. The number of benzene rings is 1. The van der Waals surface area contributed by atoms with E-state index in [0.29, 0.717) is 17.5 Å². The van der Waals surface area contributed by atoms with Crippen LogP contribution in [0.1, 0.15) is 38.2 Å². The molecule has 0 aromatic heterocycles. The number of carbonyl (C=O) groups is 1. The summed E-state index contributed by atoms with van der Waals surface area (Å²) >= 11 is 5.83. The molecule has 1 aliphatic carbocycles. The lowest BCUT2D eigenvalue weighted by Crippen LogP contribution is -2.43. The molecule has 2 amide bonds. The summed E-state index contributed by atoms with van der Waals surface area (Å²) < 4.78 is 0. The van der Waals surface area contributed by atoms with Gasteiger partial charge >= 0.3 is 6.03 Å². The van der Waals surface area contributed by atoms with E-state index in [9.17, 15) is 4.79 Å². The van der Waals surface area contributed by atoms with Crippen molar-refractivity contribution in [3.63, 3.8) is 0 Å². The van der Waals surface area contributed by atoms with Crippen molar-refractivity contribution >= 4 is 17.6 Å². The molecule has 1 aromatic carbocycles. The number of hydrogen-bond donors (Lipinski definition) is 2. The van der Waals surface area contributed by atoms with E-state index in [1.807, 2.05) is 31.2 Å². The molecule has 1 unspecified atom stereocenters. The van der Waals surface area contributed by atoms with Gasteiger partial charge in [-0.25, -0.2) is 4.79 Å². The summed E-state index contributed by atoms with van der Waals surface area (Å²) in [5.41, 5.74) is 9.50. The largest absolute Gasteiger partial charge is 0.335 e. The summed E-state index contributed by atoms with van der Waals surface area (Å²) in [7, 11) is 0. The molecule has 0 saturated heterocycles. The Kier molecular flexibility index (Phi) is 6.56. The highest BCUT2D eigenvalue weighted by Gasteiger charge is 2.25. The molecule has 1 aromatic rings. The van der Waals surface area contributed by atoms with Crippen molar-refractivity contribution in [2.75, 3.05) is 0 Å². The number of urea groups is 1. The van der Waals surface area contributed by atoms with Gasteiger partial charge in [0, 0.05) is 28.6 Å². The summed E-state index contributed by atoms with van der Waals surface area (Å²) in [4.78, 5) is 14.8. The Morgan fingerprint density at radius 1 is 1.35 bits per heavy atom. The second kappa shape index (κ2) is 8.65. The standard InChI is InChI=1S/C16H22ClN5O/c1-11(21-22-18)13-4-8-15(9-5-13)20-16(23)19-10-12-2-6-14(17)7-3-12/h2-3,6-7,11,13,15H,4-5,8-10H2,1H3,(H2,19,20,23). The first-order valence-electron chi connectivity index (χ1n) is 7.91. The third kappa shape index (κ3) is 5.66. The van der Waals surface area contributed by atoms with Gasteiger partial charge in [-0.05, 0) is 54.8 Å². The molecule has 0 heterocycles. The Balaban J connectivity index is 1.70. The van der Waals surface area contributed by atoms with E-state index in [-0.39, 0.29) is 18.1 Å². The molecule has 2 rings (SSSR count). The maximum Gasteiger partial charge on any atom is 0.315 e. The highest BCUT2D eigenvalue weighted by molar-refractivity contribution is 6.30. The smallest absolute Gasteiger partial charge is 0.315 e. The number of hydrogen-bond acceptors (Lipinski definition) is 2. The molecule has 0 radical (unpaired) electrons. The summed E-state index contributed by atoms with van der Waals surface area (Å²) in [5.74, 6) is 0.418. The van der Waals surface area contributed by atoms with Crippen LogP contribution in [0.5, 0.6) is 0 Å². The fourth-order valence-electron chi connectivity index (χ4n) is 2.94. The van der Waals surface area contributed by atoms with Gasteiger partial charge in [-0.15, -0.1) is 0 Å². The van der Waals surface area contributed by atoms with Gasteiger partial charge in [0.2, 0.25) is 0 Å². The number of rotatable bonds is 5. The molecule has 1 saturated carbocycles. The minimum Gasteiger partial charge on any atom is -0.335 e. The quantitative estimate of drug-likeness (QED) is 0.466. The van der Waals surface area contributed by atoms with E-state index in [1.165, 1.54) is 0 Å². The molecular formula is C16H22ClN5O. The normalized spacial score (nSPS) is 21.8. The van der Waals surface area contributed by atoms with Crippen LogP contribution in [-0.4, -0.2) is 18.1 Å². The van der Waals surface area contributed by atoms with Gasteiger partial charge in [0.1, 0.15) is 0 Å². The Hall–Kier alpha value is -1.91. The second-order valence-corrected chi connectivity index (χ2v) is 6.45. The van der Waals surface area contributed by atoms with E-state index in [2.05, 4.69) is 20.7 Å². The van der Waals surface area contributed by atoms with Crippen LogP contribution in [0.25, 0.3) is 10.4 Å². The number of amides is 2. The van der Waals surface area contributed by atoms with E-state index >= 15 is 0 Å². The van der Waals surface area contributed by atoms with E-state index in [0.717, 1.165) is 31.2 Å². The molecule has 0 bridgehead atoms. The Morgan fingerprint density at radius 2 is 2.00 bits per heavy atom. The minimum absolute atomic E-state index is 0.0275. The summed E-state index contributed by atoms with van der Waals surface area (Å²) in [6.45, 7) is 2.43. The summed E-state index contributed by atoms with van der Waals surface area (Å²) in [6, 6.07) is 7.47. The molecule has 1 atom stereocenters. The van der Waals surface area contributed by atoms with Crippen LogP contribution in [0.15, 0.2) is 29.4 Å². The molecule has 0 spiro atoms. The van der Waals surface area contributed by atoms with Crippen molar-refractivity contribution in [1.82, 2.24) is 10.6 Å². The lowest BCUT2D eigenvalue weighted by atomic mass is 9.82. The molecule has 7 heteroatoms. The van der Waals surface area contributed by atoms with Crippen LogP contribution in [0.3, 0.4) is 0 Å². The third-order valence-corrected chi connectivity index (χ3v) is 4.64. The summed E-state index contributed by atoms with van der Waals surface area (Å²) in [5, 5.41) is 10.3. The van der Waals surface area contributed by atoms with Gasteiger partial charge in [-0.2, -0.15) is 0 Å². The van der Waals surface area contributed by atoms with Gasteiger partial charge in [0.15, 0.2) is 0 Å². The van der Waals surface area contributed by atoms with Crippen molar-refractivity contribution in [1.29, 1.82) is 0 Å². The number of nitrogens with one attached hydrogen (secondary N) is 2. The maximum atomic E-state index is 12.0. The fourth-order valence-corrected chi connectivity index (χ4v) is 3.07. The number of carbonyl (C=O) groups excluding carboxylic acids is 1. The molecular weight excluding hydrogens is 314 g/mol. The van der Waals surface area contributed by atoms with E-state index in [1.54, 1.807) is 0 Å². The highest BCUT2D eigenvalue weighted by Crippen LogP contribution is 2.28. The highest BCUT2D eigenvalue weighted by atomic mass is 35.5. The van der Waals surface area contributed by atoms with Crippen LogP contribution in [-0.2, 0) is 6.54 Å². The first-order chi connectivity index (χ1) is 11.1. The van der Waals surface area contributed by atoms with Gasteiger partial charge in [-0.1, -0.05) is 35.8 Å². The first-order valence-corrected chi connectivity index (χ1v) is 8.29. The molecule has 1 aliphatic rings. The van der Waals surface area contributed by atoms with Crippen molar-refractivity contribution in [2.24, 2.45) is 11.0 Å². The predicted molar refractivity (Wildman–Crippen MR) is 91.2 cm³/mol. The second-order valence-electron chi connectivity index (χ2n) is 6.01. The third-order valence-electron chi connectivity index (χ3n) is 4.39. The lowest BCUT2D eigenvalue weighted by Gasteiger charge is -2.31. The maximum absolute atomic E-state index is 12.0. The zero-order valence-corrected chi connectivity index (χ0v) is 14.0. The molecule has 124 valence electrons. The van der Waals surface area contributed by atoms with Gasteiger partial charge in [0.25, 0.3) is 0 Å². The molecule has 0 aliphatic heterocycles. The van der Waals surface area contributed by atoms with Crippen molar-refractivity contribution in [2.45, 2.75) is 51.2 Å². The van der Waals surface area contributed by atoms with Gasteiger partial charge in [-0.3, -0.25) is 0 Å². The lowest BCUT2D eigenvalue weighted by molar-refractivity contribution is 0.223. The Labute approximate surface area is 141 Å². The molecule has 2 N–H and O–H groups in total. The molecule has 6 nitrogen and oxygen atoms in total. The van der Waals surface area contributed by atoms with Crippen LogP contribution in [0, 0.1) is 5.92 Å². The SMILES string of the molecule is CC(N=[N+]=[N-])C1CCC(NC(=O)NCc2ccc(Cl)cc2)CC1. The Bertz CT molecular complexity index is 562. The zero-order valence-electron chi connectivity index (χ0n) is 13.2. The predicted octanol–water partition coefficient (Wildman–Crippen LogP) is 4.40. The number of halogens is 1. The fraction of sp³-hybridized carbons (Fsp3) is 0.562. The van der Waals surface area contributed by atoms with Crippen LogP contribution in [0.4, 0.5) is 4.79 Å². The van der Waals surface area contributed by atoms with E-state index < -0.39 is 0 Å². The van der Waals surface area contributed by atoms with Crippen LogP contribution >= 0.6 is 11.6 Å². The van der Waals surface area contributed by atoms with E-state index in [4.69, 9.17) is 17.1 Å². The zero-order chi connectivity index (χ0) is 16.7. The van der Waals surface area contributed by atoms with Gasteiger partial charge < -0.3 is 10.6 Å².